The van der Waals surface area contributed by atoms with Crippen molar-refractivity contribution in [3.05, 3.63) is 30.0 Å². The van der Waals surface area contributed by atoms with Gasteiger partial charge in [0.2, 0.25) is 10.0 Å². The quantitative estimate of drug-likeness (QED) is 0.793. The number of rotatable bonds is 7. The van der Waals surface area contributed by atoms with Crippen LogP contribution in [0.1, 0.15) is 19.3 Å². The molecular weight excluding hydrogens is 338 g/mol. The van der Waals surface area contributed by atoms with E-state index in [-0.39, 0.29) is 23.3 Å². The Balaban J connectivity index is 1.56. The fourth-order valence-electron chi connectivity index (χ4n) is 2.42. The summed E-state index contributed by atoms with van der Waals surface area (Å²) in [7, 11) is -3.35. The Morgan fingerprint density at radius 1 is 1.17 bits per heavy atom. The van der Waals surface area contributed by atoms with E-state index in [1.54, 1.807) is 0 Å². The van der Waals surface area contributed by atoms with E-state index in [2.05, 4.69) is 20.0 Å². The van der Waals surface area contributed by atoms with Gasteiger partial charge in [0, 0.05) is 25.2 Å². The van der Waals surface area contributed by atoms with Gasteiger partial charge in [-0.2, -0.15) is 0 Å². The molecule has 24 heavy (non-hydrogen) atoms. The van der Waals surface area contributed by atoms with Gasteiger partial charge in [0.15, 0.2) is 11.6 Å². The molecule has 1 saturated carbocycles. The minimum Gasteiger partial charge on any atom is -0.368 e. The number of anilines is 1. The number of benzene rings is 1. The maximum Gasteiger partial charge on any atom is 0.213 e. The monoisotopic (exact) mass is 356 g/mol. The standard InChI is InChI=1S/C15H18F2N4O2S/c16-11-6-13-14(7-12(11)17)21-15(9-19-13)18-4-5-24(22,23)20-8-10-2-1-3-10/h6-7,9-10,20H,1-5,8H2,(H,18,21). The predicted octanol–water partition coefficient (Wildman–Crippen LogP) is 2.04. The smallest absolute Gasteiger partial charge is 0.213 e. The van der Waals surface area contributed by atoms with Crippen LogP contribution in [0.2, 0.25) is 0 Å². The summed E-state index contributed by atoms with van der Waals surface area (Å²) in [6.07, 6.45) is 4.67. The molecular formula is C15H18F2N4O2S. The van der Waals surface area contributed by atoms with E-state index in [1.165, 1.54) is 12.6 Å². The molecule has 0 amide bonds. The van der Waals surface area contributed by atoms with Gasteiger partial charge < -0.3 is 5.32 Å². The van der Waals surface area contributed by atoms with Crippen molar-refractivity contribution in [2.24, 2.45) is 5.92 Å². The molecule has 1 aliphatic carbocycles. The minimum absolute atomic E-state index is 0.1000. The summed E-state index contributed by atoms with van der Waals surface area (Å²) in [5, 5.41) is 2.83. The van der Waals surface area contributed by atoms with Crippen LogP contribution in [0.4, 0.5) is 14.6 Å². The Bertz CT molecular complexity index is 841. The van der Waals surface area contributed by atoms with Crippen LogP contribution in [0.5, 0.6) is 0 Å². The SMILES string of the molecule is O=S(=O)(CCNc1cnc2cc(F)c(F)cc2n1)NCC1CCC1. The molecule has 1 heterocycles. The lowest BCUT2D eigenvalue weighted by molar-refractivity contribution is 0.316. The maximum absolute atomic E-state index is 13.2. The molecule has 6 nitrogen and oxygen atoms in total. The lowest BCUT2D eigenvalue weighted by atomic mass is 9.86. The van der Waals surface area contributed by atoms with Crippen molar-refractivity contribution < 1.29 is 17.2 Å². The fraction of sp³-hybridized carbons (Fsp3) is 0.467. The number of fused-ring (bicyclic) bond motifs is 1. The lowest BCUT2D eigenvalue weighted by Gasteiger charge is -2.25. The van der Waals surface area contributed by atoms with E-state index in [0.29, 0.717) is 18.3 Å². The van der Waals surface area contributed by atoms with Crippen molar-refractivity contribution in [3.63, 3.8) is 0 Å². The summed E-state index contributed by atoms with van der Waals surface area (Å²) in [6, 6.07) is 1.93. The van der Waals surface area contributed by atoms with Gasteiger partial charge in [-0.1, -0.05) is 6.42 Å². The van der Waals surface area contributed by atoms with E-state index in [4.69, 9.17) is 0 Å². The topological polar surface area (TPSA) is 84.0 Å². The van der Waals surface area contributed by atoms with Crippen molar-refractivity contribution in [1.29, 1.82) is 0 Å². The van der Waals surface area contributed by atoms with E-state index >= 15 is 0 Å². The number of halogens is 2. The van der Waals surface area contributed by atoms with E-state index in [1.807, 2.05) is 0 Å². The molecule has 2 aromatic rings. The molecule has 0 radical (unpaired) electrons. The normalized spacial score (nSPS) is 15.4. The Morgan fingerprint density at radius 3 is 2.54 bits per heavy atom. The van der Waals surface area contributed by atoms with Crippen molar-refractivity contribution in [1.82, 2.24) is 14.7 Å². The van der Waals surface area contributed by atoms with Crippen LogP contribution >= 0.6 is 0 Å². The first-order valence-electron chi connectivity index (χ1n) is 7.76. The van der Waals surface area contributed by atoms with Crippen LogP contribution in [0.25, 0.3) is 11.0 Å². The van der Waals surface area contributed by atoms with Crippen LogP contribution < -0.4 is 10.0 Å². The second kappa shape index (κ2) is 6.94. The lowest BCUT2D eigenvalue weighted by Crippen LogP contribution is -2.35. The highest BCUT2D eigenvalue weighted by atomic mass is 32.2. The van der Waals surface area contributed by atoms with Crippen molar-refractivity contribution in [3.8, 4) is 0 Å². The zero-order valence-corrected chi connectivity index (χ0v) is 13.7. The van der Waals surface area contributed by atoms with Crippen LogP contribution in [-0.4, -0.2) is 37.2 Å². The summed E-state index contributed by atoms with van der Waals surface area (Å²) in [6.45, 7) is 0.632. The van der Waals surface area contributed by atoms with Crippen LogP contribution in [0.15, 0.2) is 18.3 Å². The minimum atomic E-state index is -3.35. The first-order valence-corrected chi connectivity index (χ1v) is 9.41. The molecule has 1 fully saturated rings. The van der Waals surface area contributed by atoms with Gasteiger partial charge in [-0.05, 0) is 18.8 Å². The van der Waals surface area contributed by atoms with E-state index in [0.717, 1.165) is 25.0 Å². The Hall–Kier alpha value is -1.87. The average Bonchev–Trinajstić information content (AvgIpc) is 2.47. The van der Waals surface area contributed by atoms with Gasteiger partial charge in [0.1, 0.15) is 5.82 Å². The maximum atomic E-state index is 13.2. The first-order chi connectivity index (χ1) is 11.4. The third kappa shape index (κ3) is 4.15. The number of hydrogen-bond donors (Lipinski definition) is 2. The largest absolute Gasteiger partial charge is 0.368 e. The summed E-state index contributed by atoms with van der Waals surface area (Å²) in [4.78, 5) is 8.08. The van der Waals surface area contributed by atoms with Gasteiger partial charge in [-0.25, -0.2) is 26.9 Å². The Morgan fingerprint density at radius 2 is 1.88 bits per heavy atom. The Labute approximate surface area is 138 Å². The molecule has 1 aromatic heterocycles. The summed E-state index contributed by atoms with van der Waals surface area (Å²) in [5.41, 5.74) is 0.430. The second-order valence-electron chi connectivity index (χ2n) is 5.90. The van der Waals surface area contributed by atoms with Gasteiger partial charge in [-0.3, -0.25) is 4.98 Å². The highest BCUT2D eigenvalue weighted by molar-refractivity contribution is 7.89. The van der Waals surface area contributed by atoms with E-state index < -0.39 is 21.7 Å². The third-order valence-electron chi connectivity index (χ3n) is 4.08. The van der Waals surface area contributed by atoms with Crippen molar-refractivity contribution in [2.75, 3.05) is 24.2 Å². The molecule has 0 saturated heterocycles. The van der Waals surface area contributed by atoms with Crippen LogP contribution in [0, 0.1) is 17.6 Å². The molecule has 0 atom stereocenters. The highest BCUT2D eigenvalue weighted by Crippen LogP contribution is 2.25. The molecule has 2 N–H and O–H groups in total. The molecule has 0 spiro atoms. The highest BCUT2D eigenvalue weighted by Gasteiger charge is 2.20. The van der Waals surface area contributed by atoms with Crippen LogP contribution in [0.3, 0.4) is 0 Å². The third-order valence-corrected chi connectivity index (χ3v) is 5.43. The van der Waals surface area contributed by atoms with Crippen LogP contribution in [-0.2, 0) is 10.0 Å². The van der Waals surface area contributed by atoms with Gasteiger partial charge in [-0.15, -0.1) is 0 Å². The number of nitrogens with one attached hydrogen (secondary N) is 2. The number of aromatic nitrogens is 2. The van der Waals surface area contributed by atoms with E-state index in [9.17, 15) is 17.2 Å². The summed E-state index contributed by atoms with van der Waals surface area (Å²) in [5.74, 6) is -1.33. The molecule has 130 valence electrons. The molecule has 0 bridgehead atoms. The number of sulfonamides is 1. The van der Waals surface area contributed by atoms with Gasteiger partial charge in [0.25, 0.3) is 0 Å². The zero-order chi connectivity index (χ0) is 17.2. The molecule has 3 rings (SSSR count). The average molecular weight is 356 g/mol. The molecule has 0 unspecified atom stereocenters. The number of nitrogens with zero attached hydrogens (tertiary/aromatic N) is 2. The Kier molecular flexibility index (Phi) is 4.91. The van der Waals surface area contributed by atoms with Gasteiger partial charge >= 0.3 is 0 Å². The zero-order valence-electron chi connectivity index (χ0n) is 12.9. The molecule has 1 aromatic carbocycles. The van der Waals surface area contributed by atoms with Gasteiger partial charge in [0.05, 0.1) is 23.0 Å². The number of hydrogen-bond acceptors (Lipinski definition) is 5. The molecule has 1 aliphatic rings. The second-order valence-corrected chi connectivity index (χ2v) is 7.83. The predicted molar refractivity (Wildman–Crippen MR) is 87.1 cm³/mol. The molecule has 0 aliphatic heterocycles. The summed E-state index contributed by atoms with van der Waals surface area (Å²) < 4.78 is 52.7. The fourth-order valence-corrected chi connectivity index (χ4v) is 3.43. The van der Waals surface area contributed by atoms with Crippen molar-refractivity contribution >= 4 is 26.9 Å². The first kappa shape index (κ1) is 17.0. The van der Waals surface area contributed by atoms with Crippen molar-refractivity contribution in [2.45, 2.75) is 19.3 Å². The molecule has 9 heteroatoms. The summed E-state index contributed by atoms with van der Waals surface area (Å²) >= 11 is 0.